The number of amides is 1. The van der Waals surface area contributed by atoms with E-state index < -0.39 is 0 Å². The summed E-state index contributed by atoms with van der Waals surface area (Å²) in [5.41, 5.74) is 2.42. The number of hydrogen-bond donors (Lipinski definition) is 1. The van der Waals surface area contributed by atoms with Crippen molar-refractivity contribution in [3.8, 4) is 0 Å². The standard InChI is InChI=1S/C21H25N5O/c1-25(21(27)19-18-11-7-12-22-20(18)24-23-19)15-17-10-5-6-13-26(17)14-16-8-3-2-4-9-16/h2-4,7-9,11-12,17H,5-6,10,13-15H2,1H3,(H,22,23,24)/t17-/m1/s1. The fourth-order valence-electron chi connectivity index (χ4n) is 3.90. The number of likely N-dealkylation sites (tertiary alicyclic amines) is 1. The zero-order chi connectivity index (χ0) is 18.6. The molecule has 3 heterocycles. The van der Waals surface area contributed by atoms with Crippen LogP contribution in [0, 0.1) is 0 Å². The predicted molar refractivity (Wildman–Crippen MR) is 105 cm³/mol. The Kier molecular flexibility index (Phi) is 5.16. The topological polar surface area (TPSA) is 65.1 Å². The van der Waals surface area contributed by atoms with Gasteiger partial charge in [0.1, 0.15) is 5.69 Å². The maximum absolute atomic E-state index is 13.0. The minimum atomic E-state index is -0.0317. The summed E-state index contributed by atoms with van der Waals surface area (Å²) in [5.74, 6) is -0.0317. The van der Waals surface area contributed by atoms with Crippen molar-refractivity contribution in [2.24, 2.45) is 0 Å². The van der Waals surface area contributed by atoms with Crippen molar-refractivity contribution in [2.45, 2.75) is 31.8 Å². The maximum Gasteiger partial charge on any atom is 0.272 e. The monoisotopic (exact) mass is 363 g/mol. The van der Waals surface area contributed by atoms with Gasteiger partial charge in [0, 0.05) is 32.4 Å². The number of aromatic nitrogens is 3. The summed E-state index contributed by atoms with van der Waals surface area (Å²) in [6, 6.07) is 14.6. The van der Waals surface area contributed by atoms with Crippen LogP contribution in [0.3, 0.4) is 0 Å². The van der Waals surface area contributed by atoms with Gasteiger partial charge in [0.25, 0.3) is 5.91 Å². The molecule has 0 spiro atoms. The van der Waals surface area contributed by atoms with Crippen molar-refractivity contribution >= 4 is 16.9 Å². The number of likely N-dealkylation sites (N-methyl/N-ethyl adjacent to an activating group) is 1. The van der Waals surface area contributed by atoms with E-state index in [1.807, 2.05) is 30.1 Å². The Morgan fingerprint density at radius 2 is 2.07 bits per heavy atom. The average molecular weight is 363 g/mol. The van der Waals surface area contributed by atoms with Crippen LogP contribution in [0.5, 0.6) is 0 Å². The molecular formula is C21H25N5O. The smallest absolute Gasteiger partial charge is 0.272 e. The number of pyridine rings is 1. The Hall–Kier alpha value is -2.73. The first kappa shape index (κ1) is 17.7. The highest BCUT2D eigenvalue weighted by molar-refractivity contribution is 6.03. The number of aromatic amines is 1. The van der Waals surface area contributed by atoms with E-state index in [1.54, 1.807) is 6.20 Å². The second kappa shape index (κ2) is 7.88. The fourth-order valence-corrected chi connectivity index (χ4v) is 3.90. The first-order valence-corrected chi connectivity index (χ1v) is 9.55. The van der Waals surface area contributed by atoms with E-state index >= 15 is 0 Å². The Bertz CT molecular complexity index is 907. The Labute approximate surface area is 159 Å². The predicted octanol–water partition coefficient (Wildman–Crippen LogP) is 3.08. The zero-order valence-corrected chi connectivity index (χ0v) is 15.6. The fraction of sp³-hybridized carbons (Fsp3) is 0.381. The van der Waals surface area contributed by atoms with E-state index in [1.165, 1.54) is 18.4 Å². The summed E-state index contributed by atoms with van der Waals surface area (Å²) in [4.78, 5) is 21.5. The van der Waals surface area contributed by atoms with Gasteiger partial charge in [-0.2, -0.15) is 5.10 Å². The maximum atomic E-state index is 13.0. The first-order valence-electron chi connectivity index (χ1n) is 9.55. The lowest BCUT2D eigenvalue weighted by Gasteiger charge is -2.37. The summed E-state index contributed by atoms with van der Waals surface area (Å²) >= 11 is 0. The van der Waals surface area contributed by atoms with Crippen molar-refractivity contribution in [2.75, 3.05) is 20.1 Å². The van der Waals surface area contributed by atoms with E-state index in [0.717, 1.165) is 24.9 Å². The molecule has 1 fully saturated rings. The summed E-state index contributed by atoms with van der Waals surface area (Å²) in [7, 11) is 1.88. The van der Waals surface area contributed by atoms with Crippen LogP contribution >= 0.6 is 0 Å². The molecule has 4 rings (SSSR count). The van der Waals surface area contributed by atoms with Gasteiger partial charge in [0.15, 0.2) is 5.65 Å². The van der Waals surface area contributed by atoms with Crippen LogP contribution in [0.15, 0.2) is 48.7 Å². The second-order valence-corrected chi connectivity index (χ2v) is 7.26. The number of benzene rings is 1. The molecule has 1 saturated heterocycles. The van der Waals surface area contributed by atoms with Gasteiger partial charge in [-0.1, -0.05) is 36.8 Å². The van der Waals surface area contributed by atoms with Crippen LogP contribution in [0.25, 0.3) is 11.0 Å². The normalized spacial score (nSPS) is 17.9. The number of H-pyrrole nitrogens is 1. The number of nitrogens with one attached hydrogen (secondary N) is 1. The molecule has 140 valence electrons. The lowest BCUT2D eigenvalue weighted by molar-refractivity contribution is 0.0666. The van der Waals surface area contributed by atoms with E-state index in [9.17, 15) is 4.79 Å². The minimum Gasteiger partial charge on any atom is -0.339 e. The van der Waals surface area contributed by atoms with Crippen LogP contribution in [-0.2, 0) is 6.54 Å². The molecule has 1 atom stereocenters. The van der Waals surface area contributed by atoms with Gasteiger partial charge < -0.3 is 4.90 Å². The van der Waals surface area contributed by atoms with E-state index in [-0.39, 0.29) is 5.91 Å². The molecular weight excluding hydrogens is 338 g/mol. The third kappa shape index (κ3) is 3.85. The highest BCUT2D eigenvalue weighted by atomic mass is 16.2. The van der Waals surface area contributed by atoms with Crippen molar-refractivity contribution < 1.29 is 4.79 Å². The molecule has 1 amide bonds. The number of hydrogen-bond acceptors (Lipinski definition) is 4. The van der Waals surface area contributed by atoms with Crippen LogP contribution in [0.1, 0.15) is 35.3 Å². The molecule has 1 aromatic carbocycles. The molecule has 0 aliphatic carbocycles. The van der Waals surface area contributed by atoms with E-state index in [4.69, 9.17) is 0 Å². The highest BCUT2D eigenvalue weighted by Crippen LogP contribution is 2.21. The molecule has 27 heavy (non-hydrogen) atoms. The molecule has 2 aromatic heterocycles. The molecule has 0 radical (unpaired) electrons. The Morgan fingerprint density at radius 1 is 1.22 bits per heavy atom. The third-order valence-corrected chi connectivity index (χ3v) is 5.35. The summed E-state index contributed by atoms with van der Waals surface area (Å²) in [6.07, 6.45) is 5.24. The van der Waals surface area contributed by atoms with Crippen molar-refractivity contribution in [3.63, 3.8) is 0 Å². The summed E-state index contributed by atoms with van der Waals surface area (Å²) in [6.45, 7) is 2.73. The molecule has 1 aliphatic rings. The van der Waals surface area contributed by atoms with Crippen LogP contribution < -0.4 is 0 Å². The van der Waals surface area contributed by atoms with Crippen LogP contribution in [0.4, 0.5) is 0 Å². The van der Waals surface area contributed by atoms with Gasteiger partial charge >= 0.3 is 0 Å². The number of carbonyl (C=O) groups excluding carboxylic acids is 1. The van der Waals surface area contributed by atoms with Gasteiger partial charge in [-0.05, 0) is 37.1 Å². The SMILES string of the molecule is CN(C[C@H]1CCCCN1Cc1ccccc1)C(=O)c1[nH]nc2ncccc12. The lowest BCUT2D eigenvalue weighted by atomic mass is 10.0. The average Bonchev–Trinajstić information content (AvgIpc) is 3.14. The van der Waals surface area contributed by atoms with Crippen molar-refractivity contribution in [1.82, 2.24) is 25.0 Å². The Balaban J connectivity index is 1.46. The summed E-state index contributed by atoms with van der Waals surface area (Å²) < 4.78 is 0. The summed E-state index contributed by atoms with van der Waals surface area (Å²) in [5, 5.41) is 7.79. The molecule has 6 heteroatoms. The van der Waals surface area contributed by atoms with Crippen LogP contribution in [0.2, 0.25) is 0 Å². The number of fused-ring (bicyclic) bond motifs is 1. The molecule has 3 aromatic rings. The van der Waals surface area contributed by atoms with Gasteiger partial charge in [-0.25, -0.2) is 4.98 Å². The number of nitrogens with zero attached hydrogens (tertiary/aromatic N) is 4. The van der Waals surface area contributed by atoms with Gasteiger partial charge in [-0.15, -0.1) is 0 Å². The molecule has 1 aliphatic heterocycles. The number of piperidine rings is 1. The van der Waals surface area contributed by atoms with Gasteiger partial charge in [0.05, 0.1) is 5.39 Å². The zero-order valence-electron chi connectivity index (χ0n) is 15.6. The molecule has 6 nitrogen and oxygen atoms in total. The molecule has 0 unspecified atom stereocenters. The second-order valence-electron chi connectivity index (χ2n) is 7.26. The van der Waals surface area contributed by atoms with Gasteiger partial charge in [0.2, 0.25) is 0 Å². The molecule has 0 saturated carbocycles. The van der Waals surface area contributed by atoms with Gasteiger partial charge in [-0.3, -0.25) is 14.8 Å². The third-order valence-electron chi connectivity index (χ3n) is 5.35. The first-order chi connectivity index (χ1) is 13.2. The van der Waals surface area contributed by atoms with E-state index in [0.29, 0.717) is 23.9 Å². The minimum absolute atomic E-state index is 0.0317. The highest BCUT2D eigenvalue weighted by Gasteiger charge is 2.26. The molecule has 0 bridgehead atoms. The quantitative estimate of drug-likeness (QED) is 0.757. The Morgan fingerprint density at radius 3 is 2.93 bits per heavy atom. The van der Waals surface area contributed by atoms with Crippen molar-refractivity contribution in [3.05, 3.63) is 59.9 Å². The van der Waals surface area contributed by atoms with Crippen molar-refractivity contribution in [1.29, 1.82) is 0 Å². The van der Waals surface area contributed by atoms with Crippen LogP contribution in [-0.4, -0.2) is 57.1 Å². The van der Waals surface area contributed by atoms with E-state index in [2.05, 4.69) is 44.3 Å². The molecule has 1 N–H and O–H groups in total. The number of rotatable bonds is 5. The lowest BCUT2D eigenvalue weighted by Crippen LogP contribution is -2.46. The number of carbonyl (C=O) groups is 1. The largest absolute Gasteiger partial charge is 0.339 e.